The van der Waals surface area contributed by atoms with E-state index in [1.807, 2.05) is 30.3 Å². The second kappa shape index (κ2) is 6.75. The molecule has 0 N–H and O–H groups in total. The monoisotopic (exact) mass is 364 g/mol. The molecule has 0 radical (unpaired) electrons. The first-order valence-electron chi connectivity index (χ1n) is 6.81. The van der Waals surface area contributed by atoms with Crippen molar-refractivity contribution in [2.24, 2.45) is 0 Å². The van der Waals surface area contributed by atoms with Crippen molar-refractivity contribution in [2.45, 2.75) is 6.54 Å². The summed E-state index contributed by atoms with van der Waals surface area (Å²) in [5, 5.41) is 5.24. The third kappa shape index (κ3) is 3.75. The number of hydrogen-bond acceptors (Lipinski definition) is 2. The molecule has 0 fully saturated rings. The maximum atomic E-state index is 12.7. The first-order valence-corrected chi connectivity index (χ1v) is 7.94. The van der Waals surface area contributed by atoms with Gasteiger partial charge in [0.25, 0.3) is 5.56 Å². The lowest BCUT2D eigenvalue weighted by Gasteiger charge is -2.09. The minimum atomic E-state index is -0.253. The molecule has 0 spiro atoms. The Morgan fingerprint density at radius 3 is 2.22 bits per heavy atom. The highest BCUT2D eigenvalue weighted by atomic mass is 35.5. The van der Waals surface area contributed by atoms with Gasteiger partial charge < -0.3 is 0 Å². The number of rotatable bonds is 3. The Hall–Kier alpha value is -1.81. The molecule has 0 aliphatic rings. The lowest BCUT2D eigenvalue weighted by molar-refractivity contribution is 0.641. The molecule has 6 heteroatoms. The summed E-state index contributed by atoms with van der Waals surface area (Å²) in [6, 6.07) is 16.0. The normalized spacial score (nSPS) is 10.7. The molecule has 0 saturated heterocycles. The van der Waals surface area contributed by atoms with Gasteiger partial charge in [-0.3, -0.25) is 4.79 Å². The molecule has 3 aromatic rings. The quantitative estimate of drug-likeness (QED) is 0.660. The first-order chi connectivity index (χ1) is 11.0. The van der Waals surface area contributed by atoms with Crippen molar-refractivity contribution in [1.29, 1.82) is 0 Å². The third-order valence-electron chi connectivity index (χ3n) is 3.29. The molecule has 0 bridgehead atoms. The fourth-order valence-corrected chi connectivity index (χ4v) is 3.02. The summed E-state index contributed by atoms with van der Waals surface area (Å²) in [6.07, 6.45) is 0. The molecule has 23 heavy (non-hydrogen) atoms. The zero-order valence-corrected chi connectivity index (χ0v) is 14.1. The van der Waals surface area contributed by atoms with E-state index in [1.165, 1.54) is 10.7 Å². The summed E-state index contributed by atoms with van der Waals surface area (Å²) in [7, 11) is 0. The SMILES string of the molecule is O=c1c(-c2cc(Cl)cc(Cl)c2)cc(Cl)nn1Cc1ccccc1. The minimum absolute atomic E-state index is 0.228. The second-order valence-electron chi connectivity index (χ2n) is 4.99. The predicted octanol–water partition coefficient (Wildman–Crippen LogP) is 4.92. The topological polar surface area (TPSA) is 34.9 Å². The van der Waals surface area contributed by atoms with Crippen LogP contribution in [0.1, 0.15) is 5.56 Å². The van der Waals surface area contributed by atoms with Crippen LogP contribution in [0.15, 0.2) is 59.4 Å². The summed E-state index contributed by atoms with van der Waals surface area (Å²) in [5.74, 6) is 0. The molecule has 1 aromatic heterocycles. The van der Waals surface area contributed by atoms with E-state index in [0.717, 1.165) is 5.56 Å². The zero-order chi connectivity index (χ0) is 16.4. The van der Waals surface area contributed by atoms with E-state index in [1.54, 1.807) is 18.2 Å². The lowest BCUT2D eigenvalue weighted by Crippen LogP contribution is -2.25. The summed E-state index contributed by atoms with van der Waals surface area (Å²) < 4.78 is 1.34. The number of hydrogen-bond donors (Lipinski definition) is 0. The number of nitrogens with zero attached hydrogens (tertiary/aromatic N) is 2. The molecule has 1 heterocycles. The van der Waals surface area contributed by atoms with E-state index >= 15 is 0 Å². The average Bonchev–Trinajstić information content (AvgIpc) is 2.50. The third-order valence-corrected chi connectivity index (χ3v) is 3.91. The van der Waals surface area contributed by atoms with Crippen molar-refractivity contribution < 1.29 is 0 Å². The molecule has 0 aliphatic heterocycles. The van der Waals surface area contributed by atoms with Gasteiger partial charge in [-0.25, -0.2) is 4.68 Å². The average molecular weight is 366 g/mol. The van der Waals surface area contributed by atoms with Crippen LogP contribution in [0.5, 0.6) is 0 Å². The highest BCUT2D eigenvalue weighted by molar-refractivity contribution is 6.35. The van der Waals surface area contributed by atoms with Crippen LogP contribution in [-0.2, 0) is 6.54 Å². The molecule has 0 saturated carbocycles. The van der Waals surface area contributed by atoms with Gasteiger partial charge in [0.2, 0.25) is 0 Å². The maximum absolute atomic E-state index is 12.7. The molecule has 0 amide bonds. The second-order valence-corrected chi connectivity index (χ2v) is 6.25. The van der Waals surface area contributed by atoms with Crippen LogP contribution >= 0.6 is 34.8 Å². The highest BCUT2D eigenvalue weighted by Crippen LogP contribution is 2.26. The largest absolute Gasteiger partial charge is 0.275 e. The van der Waals surface area contributed by atoms with Crippen molar-refractivity contribution in [3.8, 4) is 11.1 Å². The standard InChI is InChI=1S/C17H11Cl3N2O/c18-13-6-12(7-14(19)8-13)15-9-16(20)21-22(17(15)23)10-11-4-2-1-3-5-11/h1-9H,10H2. The van der Waals surface area contributed by atoms with Crippen LogP contribution in [-0.4, -0.2) is 9.78 Å². The molecule has 3 nitrogen and oxygen atoms in total. The number of halogens is 3. The maximum Gasteiger partial charge on any atom is 0.275 e. The van der Waals surface area contributed by atoms with Crippen LogP contribution in [0.4, 0.5) is 0 Å². The minimum Gasteiger partial charge on any atom is -0.267 e. The zero-order valence-electron chi connectivity index (χ0n) is 11.8. The Morgan fingerprint density at radius 2 is 1.57 bits per heavy atom. The first kappa shape index (κ1) is 16.1. The van der Waals surface area contributed by atoms with E-state index in [9.17, 15) is 4.79 Å². The molecule has 3 rings (SSSR count). The van der Waals surface area contributed by atoms with Gasteiger partial charge >= 0.3 is 0 Å². The Morgan fingerprint density at radius 1 is 0.913 bits per heavy atom. The van der Waals surface area contributed by atoms with Crippen molar-refractivity contribution in [3.63, 3.8) is 0 Å². The molecular weight excluding hydrogens is 355 g/mol. The summed E-state index contributed by atoms with van der Waals surface area (Å²) >= 11 is 18.1. The lowest BCUT2D eigenvalue weighted by atomic mass is 10.1. The number of aromatic nitrogens is 2. The smallest absolute Gasteiger partial charge is 0.267 e. The van der Waals surface area contributed by atoms with E-state index in [0.29, 0.717) is 27.7 Å². The molecular formula is C17H11Cl3N2O. The number of benzene rings is 2. The Labute approximate surface area is 148 Å². The van der Waals surface area contributed by atoms with Gasteiger partial charge in [-0.05, 0) is 35.4 Å². The van der Waals surface area contributed by atoms with Gasteiger partial charge in [0.15, 0.2) is 5.15 Å². The van der Waals surface area contributed by atoms with Crippen LogP contribution < -0.4 is 5.56 Å². The van der Waals surface area contributed by atoms with Crippen molar-refractivity contribution in [3.05, 3.63) is 85.7 Å². The van der Waals surface area contributed by atoms with Crippen molar-refractivity contribution in [2.75, 3.05) is 0 Å². The van der Waals surface area contributed by atoms with Gasteiger partial charge in [0, 0.05) is 10.0 Å². The Bertz CT molecular complexity index is 887. The molecule has 2 aromatic carbocycles. The van der Waals surface area contributed by atoms with E-state index in [4.69, 9.17) is 34.8 Å². The fourth-order valence-electron chi connectivity index (χ4n) is 2.29. The predicted molar refractivity (Wildman–Crippen MR) is 94.5 cm³/mol. The summed E-state index contributed by atoms with van der Waals surface area (Å²) in [5.41, 5.74) is 1.72. The van der Waals surface area contributed by atoms with Gasteiger partial charge in [-0.2, -0.15) is 5.10 Å². The molecule has 0 unspecified atom stereocenters. The Kier molecular flexibility index (Phi) is 4.71. The van der Waals surface area contributed by atoms with Gasteiger partial charge in [0.1, 0.15) is 0 Å². The highest BCUT2D eigenvalue weighted by Gasteiger charge is 2.11. The molecule has 0 aliphatic carbocycles. The van der Waals surface area contributed by atoms with E-state index in [2.05, 4.69) is 5.10 Å². The van der Waals surface area contributed by atoms with Gasteiger partial charge in [-0.1, -0.05) is 65.1 Å². The van der Waals surface area contributed by atoms with Crippen LogP contribution in [0.2, 0.25) is 15.2 Å². The van der Waals surface area contributed by atoms with Crippen LogP contribution in [0.3, 0.4) is 0 Å². The Balaban J connectivity index is 2.10. The summed E-state index contributed by atoms with van der Waals surface area (Å²) in [6.45, 7) is 0.335. The van der Waals surface area contributed by atoms with Crippen LogP contribution in [0, 0.1) is 0 Å². The van der Waals surface area contributed by atoms with Gasteiger partial charge in [-0.15, -0.1) is 0 Å². The van der Waals surface area contributed by atoms with Crippen LogP contribution in [0.25, 0.3) is 11.1 Å². The summed E-state index contributed by atoms with van der Waals surface area (Å²) in [4.78, 5) is 12.7. The van der Waals surface area contributed by atoms with Crippen molar-refractivity contribution >= 4 is 34.8 Å². The molecule has 116 valence electrons. The van der Waals surface area contributed by atoms with E-state index < -0.39 is 0 Å². The molecule has 0 atom stereocenters. The fraction of sp³-hybridized carbons (Fsp3) is 0.0588. The van der Waals surface area contributed by atoms with E-state index in [-0.39, 0.29) is 10.7 Å². The van der Waals surface area contributed by atoms with Gasteiger partial charge in [0.05, 0.1) is 12.1 Å². The van der Waals surface area contributed by atoms with Crippen molar-refractivity contribution in [1.82, 2.24) is 9.78 Å².